The summed E-state index contributed by atoms with van der Waals surface area (Å²) in [5.74, 6) is -0.0264. The van der Waals surface area contributed by atoms with Crippen LogP contribution in [-0.4, -0.2) is 56.7 Å². The molecule has 1 aromatic carbocycles. The van der Waals surface area contributed by atoms with Gasteiger partial charge in [0.25, 0.3) is 10.2 Å². The van der Waals surface area contributed by atoms with Crippen LogP contribution in [0.4, 0.5) is 5.69 Å². The van der Waals surface area contributed by atoms with Crippen molar-refractivity contribution in [2.75, 3.05) is 39.1 Å². The number of hydrogen-bond acceptors (Lipinski definition) is 4. The van der Waals surface area contributed by atoms with Crippen LogP contribution in [0.5, 0.6) is 5.75 Å². The van der Waals surface area contributed by atoms with Gasteiger partial charge in [-0.05, 0) is 31.0 Å². The van der Waals surface area contributed by atoms with Gasteiger partial charge in [-0.15, -0.1) is 0 Å². The number of nitrogens with one attached hydrogen (secondary N) is 1. The molecule has 142 valence electrons. The number of carbonyl (C=O) groups excluding carboxylic acids is 1. The highest BCUT2D eigenvalue weighted by Crippen LogP contribution is 2.27. The number of benzene rings is 1. The van der Waals surface area contributed by atoms with Gasteiger partial charge in [-0.2, -0.15) is 17.0 Å². The van der Waals surface area contributed by atoms with E-state index in [0.717, 1.165) is 4.31 Å². The van der Waals surface area contributed by atoms with Crippen LogP contribution in [0, 0.1) is 0 Å². The zero-order chi connectivity index (χ0) is 19.0. The van der Waals surface area contributed by atoms with Gasteiger partial charge in [0.15, 0.2) is 0 Å². The van der Waals surface area contributed by atoms with Crippen LogP contribution in [0.2, 0.25) is 5.02 Å². The Balaban J connectivity index is 2.83. The van der Waals surface area contributed by atoms with Crippen molar-refractivity contribution in [3.8, 4) is 5.75 Å². The van der Waals surface area contributed by atoms with E-state index in [2.05, 4.69) is 5.32 Å². The summed E-state index contributed by atoms with van der Waals surface area (Å²) in [6.45, 7) is 4.36. The Bertz CT molecular complexity index is 676. The van der Waals surface area contributed by atoms with E-state index in [4.69, 9.17) is 16.3 Å². The third kappa shape index (κ3) is 6.14. The van der Waals surface area contributed by atoms with Crippen molar-refractivity contribution in [3.63, 3.8) is 0 Å². The van der Waals surface area contributed by atoms with Gasteiger partial charge in [0.1, 0.15) is 5.75 Å². The van der Waals surface area contributed by atoms with Crippen molar-refractivity contribution in [1.82, 2.24) is 8.61 Å². The number of anilines is 1. The number of hydrogen-bond donors (Lipinski definition) is 1. The molecule has 25 heavy (non-hydrogen) atoms. The monoisotopic (exact) mass is 391 g/mol. The van der Waals surface area contributed by atoms with Crippen LogP contribution < -0.4 is 10.1 Å². The fourth-order valence-corrected chi connectivity index (χ4v) is 3.96. The second-order valence-corrected chi connectivity index (χ2v) is 8.03. The molecule has 1 amide bonds. The van der Waals surface area contributed by atoms with E-state index >= 15 is 0 Å². The molecule has 0 radical (unpaired) electrons. The molecule has 0 saturated heterocycles. The number of rotatable bonds is 10. The van der Waals surface area contributed by atoms with E-state index in [-0.39, 0.29) is 6.54 Å². The molecule has 0 aliphatic rings. The summed E-state index contributed by atoms with van der Waals surface area (Å²) < 4.78 is 32.8. The second kappa shape index (κ2) is 9.96. The molecule has 0 heterocycles. The summed E-state index contributed by atoms with van der Waals surface area (Å²) >= 11 is 5.93. The lowest BCUT2D eigenvalue weighted by atomic mass is 10.3. The molecule has 0 saturated carbocycles. The predicted molar refractivity (Wildman–Crippen MR) is 100 cm³/mol. The minimum absolute atomic E-state index is 0.304. The molecule has 0 unspecified atom stereocenters. The molecule has 1 aromatic rings. The summed E-state index contributed by atoms with van der Waals surface area (Å²) in [6.07, 6.45) is 1.41. The van der Waals surface area contributed by atoms with Gasteiger partial charge >= 0.3 is 0 Å². The van der Waals surface area contributed by atoms with E-state index in [1.54, 1.807) is 18.2 Å². The summed E-state index contributed by atoms with van der Waals surface area (Å²) in [5.41, 5.74) is 0.393. The summed E-state index contributed by atoms with van der Waals surface area (Å²) in [6, 6.07) is 4.82. The number of halogens is 1. The summed E-state index contributed by atoms with van der Waals surface area (Å²) in [7, 11) is -0.822. The van der Waals surface area contributed by atoms with Crippen LogP contribution in [-0.2, 0) is 15.0 Å². The second-order valence-electron chi connectivity index (χ2n) is 5.56. The molecule has 0 fully saturated rings. The maximum atomic E-state index is 12.6. The zero-order valence-corrected chi connectivity index (χ0v) is 16.7. The van der Waals surface area contributed by atoms with Crippen LogP contribution in [0.3, 0.4) is 0 Å². The first-order chi connectivity index (χ1) is 11.8. The minimum Gasteiger partial charge on any atom is -0.495 e. The topological polar surface area (TPSA) is 79.0 Å². The SMILES string of the molecule is CCCN(CCC)S(=O)(=O)N(C)CC(=O)Nc1cc(Cl)ccc1OC. The summed E-state index contributed by atoms with van der Waals surface area (Å²) in [5, 5.41) is 3.07. The van der Waals surface area contributed by atoms with Gasteiger partial charge in [0.2, 0.25) is 5.91 Å². The van der Waals surface area contributed by atoms with Crippen molar-refractivity contribution >= 4 is 33.4 Å². The van der Waals surface area contributed by atoms with Gasteiger partial charge in [0.05, 0.1) is 19.3 Å². The number of ether oxygens (including phenoxy) is 1. The molecule has 1 rings (SSSR count). The van der Waals surface area contributed by atoms with Gasteiger partial charge in [-0.3, -0.25) is 4.79 Å². The predicted octanol–water partition coefficient (Wildman–Crippen LogP) is 2.59. The fourth-order valence-electron chi connectivity index (χ4n) is 2.29. The fraction of sp³-hybridized carbons (Fsp3) is 0.562. The van der Waals surface area contributed by atoms with E-state index in [0.29, 0.717) is 42.4 Å². The molecular weight excluding hydrogens is 366 g/mol. The van der Waals surface area contributed by atoms with Crippen molar-refractivity contribution in [1.29, 1.82) is 0 Å². The van der Waals surface area contributed by atoms with Crippen molar-refractivity contribution in [2.45, 2.75) is 26.7 Å². The highest BCUT2D eigenvalue weighted by Gasteiger charge is 2.27. The Morgan fingerprint density at radius 1 is 1.24 bits per heavy atom. The van der Waals surface area contributed by atoms with E-state index in [9.17, 15) is 13.2 Å². The number of amides is 1. The Morgan fingerprint density at radius 3 is 2.36 bits per heavy atom. The van der Waals surface area contributed by atoms with Gasteiger partial charge < -0.3 is 10.1 Å². The van der Waals surface area contributed by atoms with E-state index < -0.39 is 16.1 Å². The molecule has 9 heteroatoms. The van der Waals surface area contributed by atoms with Crippen LogP contribution >= 0.6 is 11.6 Å². The van der Waals surface area contributed by atoms with Crippen molar-refractivity contribution in [2.24, 2.45) is 0 Å². The normalized spacial score (nSPS) is 11.8. The number of likely N-dealkylation sites (N-methyl/N-ethyl adjacent to an activating group) is 1. The Hall–Kier alpha value is -1.35. The average Bonchev–Trinajstić information content (AvgIpc) is 2.54. The van der Waals surface area contributed by atoms with Crippen LogP contribution in [0.25, 0.3) is 0 Å². The van der Waals surface area contributed by atoms with Crippen LogP contribution in [0.15, 0.2) is 18.2 Å². The first-order valence-corrected chi connectivity index (χ1v) is 9.88. The zero-order valence-electron chi connectivity index (χ0n) is 15.1. The van der Waals surface area contributed by atoms with Crippen molar-refractivity contribution in [3.05, 3.63) is 23.2 Å². The van der Waals surface area contributed by atoms with Crippen molar-refractivity contribution < 1.29 is 17.9 Å². The Kier molecular flexibility index (Phi) is 8.64. The van der Waals surface area contributed by atoms with Gasteiger partial charge in [-0.25, -0.2) is 0 Å². The maximum absolute atomic E-state index is 12.6. The Labute approximate surface area is 155 Å². The highest BCUT2D eigenvalue weighted by atomic mass is 35.5. The molecule has 0 bridgehead atoms. The molecular formula is C16H26ClN3O4S. The molecule has 0 atom stereocenters. The van der Waals surface area contributed by atoms with Gasteiger partial charge in [-0.1, -0.05) is 25.4 Å². The summed E-state index contributed by atoms with van der Waals surface area (Å²) in [4.78, 5) is 12.3. The third-order valence-corrected chi connectivity index (χ3v) is 5.64. The third-order valence-electron chi connectivity index (χ3n) is 3.47. The first kappa shape index (κ1) is 21.7. The largest absolute Gasteiger partial charge is 0.495 e. The standard InChI is InChI=1S/C16H26ClN3O4S/c1-5-9-20(10-6-2)25(22,23)19(3)12-16(21)18-14-11-13(17)7-8-15(14)24-4/h7-8,11H,5-6,9-10,12H2,1-4H3,(H,18,21). The number of carbonyl (C=O) groups is 1. The number of nitrogens with zero attached hydrogens (tertiary/aromatic N) is 2. The van der Waals surface area contributed by atoms with Gasteiger partial charge in [0, 0.05) is 25.2 Å². The maximum Gasteiger partial charge on any atom is 0.282 e. The lowest BCUT2D eigenvalue weighted by Gasteiger charge is -2.26. The molecule has 0 aliphatic carbocycles. The lowest BCUT2D eigenvalue weighted by Crippen LogP contribution is -2.45. The molecule has 1 N–H and O–H groups in total. The molecule has 0 spiro atoms. The molecule has 0 aromatic heterocycles. The smallest absolute Gasteiger partial charge is 0.282 e. The van der Waals surface area contributed by atoms with E-state index in [1.807, 2.05) is 13.8 Å². The Morgan fingerprint density at radius 2 is 1.84 bits per heavy atom. The number of methoxy groups -OCH3 is 1. The lowest BCUT2D eigenvalue weighted by molar-refractivity contribution is -0.116. The average molecular weight is 392 g/mol. The van der Waals surface area contributed by atoms with Crippen LogP contribution in [0.1, 0.15) is 26.7 Å². The van der Waals surface area contributed by atoms with E-state index in [1.165, 1.54) is 18.5 Å². The quantitative estimate of drug-likeness (QED) is 0.664. The molecule has 0 aliphatic heterocycles. The highest BCUT2D eigenvalue weighted by molar-refractivity contribution is 7.86. The minimum atomic E-state index is -3.69. The first-order valence-electron chi connectivity index (χ1n) is 8.11. The molecule has 7 nitrogen and oxygen atoms in total.